The molecular weight excluding hydrogens is 587 g/mol. The first-order valence-electron chi connectivity index (χ1n) is 16.1. The van der Waals surface area contributed by atoms with Crippen molar-refractivity contribution in [2.75, 3.05) is 4.90 Å². The van der Waals surface area contributed by atoms with Gasteiger partial charge in [0.25, 0.3) is 0 Å². The molecule has 0 spiro atoms. The van der Waals surface area contributed by atoms with Gasteiger partial charge in [-0.15, -0.1) is 0 Å². The molecule has 8 rings (SSSR count). The molecule has 0 aliphatic rings. The van der Waals surface area contributed by atoms with E-state index in [9.17, 15) is 0 Å². The Balaban J connectivity index is 1.05. The van der Waals surface area contributed by atoms with Crippen molar-refractivity contribution in [1.29, 1.82) is 0 Å². The van der Waals surface area contributed by atoms with Crippen molar-refractivity contribution >= 4 is 28.1 Å². The maximum absolute atomic E-state index is 4.95. The minimum Gasteiger partial charge on any atom is -0.311 e. The zero-order valence-corrected chi connectivity index (χ0v) is 26.8. The van der Waals surface area contributed by atoms with Gasteiger partial charge in [-0.25, -0.2) is 4.98 Å². The third-order valence-corrected chi connectivity index (χ3v) is 8.67. The van der Waals surface area contributed by atoms with Crippen molar-refractivity contribution in [2.24, 2.45) is 0 Å². The number of rotatable bonds is 7. The van der Waals surface area contributed by atoms with E-state index in [0.29, 0.717) is 0 Å². The summed E-state index contributed by atoms with van der Waals surface area (Å²) in [4.78, 5) is 16.9. The van der Waals surface area contributed by atoms with Gasteiger partial charge < -0.3 is 4.90 Å². The molecule has 5 nitrogen and oxygen atoms in total. The number of aryl methyl sites for hydroxylation is 2. The van der Waals surface area contributed by atoms with Gasteiger partial charge in [0.15, 0.2) is 5.82 Å². The van der Waals surface area contributed by atoms with Gasteiger partial charge in [0.05, 0.1) is 16.7 Å². The summed E-state index contributed by atoms with van der Waals surface area (Å²) < 4.78 is 2.17. The molecule has 0 radical (unpaired) electrons. The van der Waals surface area contributed by atoms with Crippen LogP contribution in [0.15, 0.2) is 164 Å². The van der Waals surface area contributed by atoms with Gasteiger partial charge in [0.2, 0.25) is 0 Å². The number of imidazole rings is 1. The van der Waals surface area contributed by atoms with Gasteiger partial charge in [-0.3, -0.25) is 14.5 Å². The van der Waals surface area contributed by atoms with E-state index in [2.05, 4.69) is 133 Å². The molecule has 3 heterocycles. The number of nitrogens with zero attached hydrogens (tertiary/aromatic N) is 5. The van der Waals surface area contributed by atoms with Crippen LogP contribution in [0.4, 0.5) is 17.1 Å². The van der Waals surface area contributed by atoms with E-state index in [0.717, 1.165) is 67.7 Å². The average molecular weight is 620 g/mol. The first kappa shape index (κ1) is 29.1. The molecule has 3 aromatic heterocycles. The summed E-state index contributed by atoms with van der Waals surface area (Å²) in [6.45, 7) is 4.23. The van der Waals surface area contributed by atoms with E-state index in [1.807, 2.05) is 54.9 Å². The topological polar surface area (TPSA) is 46.8 Å². The number of anilines is 3. The summed E-state index contributed by atoms with van der Waals surface area (Å²) in [5.41, 5.74) is 13.7. The zero-order chi connectivity index (χ0) is 32.5. The van der Waals surface area contributed by atoms with Crippen LogP contribution in [0.1, 0.15) is 11.1 Å². The van der Waals surface area contributed by atoms with Crippen molar-refractivity contribution in [3.05, 3.63) is 175 Å². The number of para-hydroxylation sites is 3. The predicted molar refractivity (Wildman–Crippen MR) is 197 cm³/mol. The Labute approximate surface area is 280 Å². The van der Waals surface area contributed by atoms with Crippen molar-refractivity contribution in [3.63, 3.8) is 0 Å². The van der Waals surface area contributed by atoms with Crippen LogP contribution in [0.3, 0.4) is 0 Å². The summed E-state index contributed by atoms with van der Waals surface area (Å²) >= 11 is 0. The maximum atomic E-state index is 4.95. The lowest BCUT2D eigenvalue weighted by atomic mass is 10.1. The summed E-state index contributed by atoms with van der Waals surface area (Å²) in [5, 5.41) is 0. The Morgan fingerprint density at radius 2 is 0.958 bits per heavy atom. The SMILES string of the molecule is Cc1ccc(N(c2ccc(C)cc2)c2ccc(-c3ccc(-c4ccc(-c5nc6ccccc6n5-c5ccccc5)nc4)cn3)cc2)cc1. The Hall–Kier alpha value is -6.33. The molecule has 0 N–H and O–H groups in total. The minimum absolute atomic E-state index is 0.814. The van der Waals surface area contributed by atoms with Crippen LogP contribution in [0.2, 0.25) is 0 Å². The van der Waals surface area contributed by atoms with Crippen LogP contribution < -0.4 is 4.90 Å². The molecular formula is C43H33N5. The first-order chi connectivity index (χ1) is 23.6. The second-order valence-corrected chi connectivity index (χ2v) is 12.0. The molecule has 0 bridgehead atoms. The molecule has 0 atom stereocenters. The molecule has 5 aromatic carbocycles. The first-order valence-corrected chi connectivity index (χ1v) is 16.1. The van der Waals surface area contributed by atoms with Crippen LogP contribution in [0.5, 0.6) is 0 Å². The molecule has 0 amide bonds. The number of fused-ring (bicyclic) bond motifs is 1. The lowest BCUT2D eigenvalue weighted by Gasteiger charge is -2.26. The number of hydrogen-bond donors (Lipinski definition) is 0. The van der Waals surface area contributed by atoms with Gasteiger partial charge in [0, 0.05) is 51.8 Å². The van der Waals surface area contributed by atoms with Gasteiger partial charge >= 0.3 is 0 Å². The lowest BCUT2D eigenvalue weighted by Crippen LogP contribution is -2.09. The highest BCUT2D eigenvalue weighted by Gasteiger charge is 2.16. The molecule has 0 aliphatic heterocycles. The summed E-state index contributed by atoms with van der Waals surface area (Å²) in [6.07, 6.45) is 3.82. The van der Waals surface area contributed by atoms with Gasteiger partial charge in [-0.05, 0) is 86.6 Å². The van der Waals surface area contributed by atoms with Crippen LogP contribution in [0.25, 0.3) is 50.6 Å². The third kappa shape index (κ3) is 5.63. The largest absolute Gasteiger partial charge is 0.311 e. The molecule has 0 fully saturated rings. The normalized spacial score (nSPS) is 11.1. The van der Waals surface area contributed by atoms with E-state index >= 15 is 0 Å². The molecule has 0 unspecified atom stereocenters. The summed E-state index contributed by atoms with van der Waals surface area (Å²) in [5.74, 6) is 0.814. The van der Waals surface area contributed by atoms with E-state index in [-0.39, 0.29) is 0 Å². The highest BCUT2D eigenvalue weighted by atomic mass is 15.1. The number of benzene rings is 5. The maximum Gasteiger partial charge on any atom is 0.164 e. The van der Waals surface area contributed by atoms with Gasteiger partial charge in [0.1, 0.15) is 5.69 Å². The molecule has 8 aromatic rings. The van der Waals surface area contributed by atoms with E-state index in [1.165, 1.54) is 11.1 Å². The fourth-order valence-corrected chi connectivity index (χ4v) is 6.08. The highest BCUT2D eigenvalue weighted by molar-refractivity contribution is 5.83. The summed E-state index contributed by atoms with van der Waals surface area (Å²) in [7, 11) is 0. The molecule has 5 heteroatoms. The lowest BCUT2D eigenvalue weighted by molar-refractivity contribution is 1.08. The van der Waals surface area contributed by atoms with Crippen molar-refractivity contribution in [1.82, 2.24) is 19.5 Å². The van der Waals surface area contributed by atoms with E-state index < -0.39 is 0 Å². The van der Waals surface area contributed by atoms with E-state index in [1.54, 1.807) is 0 Å². The Morgan fingerprint density at radius 1 is 0.458 bits per heavy atom. The summed E-state index contributed by atoms with van der Waals surface area (Å²) in [6, 6.07) is 52.7. The Bertz CT molecular complexity index is 2260. The van der Waals surface area contributed by atoms with Crippen LogP contribution >= 0.6 is 0 Å². The van der Waals surface area contributed by atoms with Crippen molar-refractivity contribution < 1.29 is 0 Å². The third-order valence-electron chi connectivity index (χ3n) is 8.67. The zero-order valence-electron chi connectivity index (χ0n) is 26.8. The molecule has 0 saturated heterocycles. The van der Waals surface area contributed by atoms with E-state index in [4.69, 9.17) is 15.0 Å². The van der Waals surface area contributed by atoms with Crippen molar-refractivity contribution in [2.45, 2.75) is 13.8 Å². The van der Waals surface area contributed by atoms with Crippen LogP contribution in [0, 0.1) is 13.8 Å². The fourth-order valence-electron chi connectivity index (χ4n) is 6.08. The highest BCUT2D eigenvalue weighted by Crippen LogP contribution is 2.36. The van der Waals surface area contributed by atoms with Crippen molar-refractivity contribution in [3.8, 4) is 39.6 Å². The fraction of sp³-hybridized carbons (Fsp3) is 0.0465. The monoisotopic (exact) mass is 619 g/mol. The quantitative estimate of drug-likeness (QED) is 0.178. The molecule has 230 valence electrons. The van der Waals surface area contributed by atoms with Crippen LogP contribution in [-0.2, 0) is 0 Å². The average Bonchev–Trinajstić information content (AvgIpc) is 3.54. The molecule has 0 saturated carbocycles. The Morgan fingerprint density at radius 3 is 1.52 bits per heavy atom. The second kappa shape index (κ2) is 12.5. The minimum atomic E-state index is 0.814. The van der Waals surface area contributed by atoms with Gasteiger partial charge in [-0.2, -0.15) is 0 Å². The molecule has 0 aliphatic carbocycles. The van der Waals surface area contributed by atoms with Crippen LogP contribution in [-0.4, -0.2) is 19.5 Å². The standard InChI is InChI=1S/C43H33N5/c1-30-12-20-36(21-13-30)47(37-22-14-31(2)15-23-37)38-24-16-32(17-25-38)39-26-18-33(28-44-39)34-19-27-41(45-29-34)43-46-40-10-6-7-11-42(40)48(43)35-8-4-3-5-9-35/h3-29H,1-2H3. The molecule has 48 heavy (non-hydrogen) atoms. The smallest absolute Gasteiger partial charge is 0.164 e. The second-order valence-electron chi connectivity index (χ2n) is 12.0. The predicted octanol–water partition coefficient (Wildman–Crippen LogP) is 10.9. The Kier molecular flexibility index (Phi) is 7.55. The number of hydrogen-bond acceptors (Lipinski definition) is 4. The van der Waals surface area contributed by atoms with Gasteiger partial charge in [-0.1, -0.05) is 90.0 Å². The number of pyridine rings is 2. The number of aromatic nitrogens is 4.